The molecule has 10 rings (SSSR count). The van der Waals surface area contributed by atoms with E-state index in [9.17, 15) is 0 Å². The third-order valence-corrected chi connectivity index (χ3v) is 9.94. The Bertz CT molecular complexity index is 2890. The molecule has 4 aromatic heterocycles. The van der Waals surface area contributed by atoms with Gasteiger partial charge in [-0.15, -0.1) is 0 Å². The topological polar surface area (TPSA) is 51.6 Å². The third-order valence-electron chi connectivity index (χ3n) is 9.94. The molecule has 4 nitrogen and oxygen atoms in total. The van der Waals surface area contributed by atoms with Crippen molar-refractivity contribution in [3.05, 3.63) is 182 Å². The number of nitrogens with zero attached hydrogens (tertiary/aromatic N) is 4. The van der Waals surface area contributed by atoms with Crippen molar-refractivity contribution in [3.8, 4) is 56.3 Å². The van der Waals surface area contributed by atoms with Gasteiger partial charge < -0.3 is 0 Å². The standard InChI is InChI=1S/C48H30N4/c1-3-17-36-31(12-1)14-10-19-38(36)39-20-11-21-40-46-37-18-4-2-13-32(37)24-25-41(46)47(52-48(39)40)34-16-9-15-33(28-34)35-29-44(42-22-5-7-26-49-42)51-45(30-35)43-23-6-8-27-50-43/h1-30H. The lowest BCUT2D eigenvalue weighted by Crippen LogP contribution is -1.95. The van der Waals surface area contributed by atoms with E-state index in [0.717, 1.165) is 67.0 Å². The maximum absolute atomic E-state index is 5.60. The Hall–Kier alpha value is -7.04. The molecule has 4 heterocycles. The van der Waals surface area contributed by atoms with Crippen molar-refractivity contribution in [2.24, 2.45) is 0 Å². The quantitative estimate of drug-likeness (QED) is 0.172. The second-order valence-corrected chi connectivity index (χ2v) is 13.0. The molecule has 0 N–H and O–H groups in total. The second-order valence-electron chi connectivity index (χ2n) is 13.0. The van der Waals surface area contributed by atoms with E-state index in [2.05, 4.69) is 143 Å². The van der Waals surface area contributed by atoms with E-state index in [-0.39, 0.29) is 0 Å². The summed E-state index contributed by atoms with van der Waals surface area (Å²) >= 11 is 0. The molecule has 0 atom stereocenters. The number of rotatable bonds is 5. The van der Waals surface area contributed by atoms with Crippen LogP contribution in [0, 0.1) is 0 Å². The van der Waals surface area contributed by atoms with Crippen molar-refractivity contribution in [1.29, 1.82) is 0 Å². The zero-order valence-corrected chi connectivity index (χ0v) is 28.1. The van der Waals surface area contributed by atoms with Gasteiger partial charge in [0.25, 0.3) is 0 Å². The lowest BCUT2D eigenvalue weighted by molar-refractivity contribution is 1.22. The average molecular weight is 663 g/mol. The molecule has 0 aliphatic rings. The van der Waals surface area contributed by atoms with Gasteiger partial charge in [0.2, 0.25) is 0 Å². The van der Waals surface area contributed by atoms with Crippen molar-refractivity contribution in [2.45, 2.75) is 0 Å². The first-order valence-electron chi connectivity index (χ1n) is 17.5. The molecular formula is C48H30N4. The van der Waals surface area contributed by atoms with E-state index in [1.54, 1.807) is 12.4 Å². The summed E-state index contributed by atoms with van der Waals surface area (Å²) in [6.45, 7) is 0. The van der Waals surface area contributed by atoms with Crippen molar-refractivity contribution in [2.75, 3.05) is 0 Å². The SMILES string of the molecule is c1ccc(-c2cc(-c3cccc(-c4nc5c(-c6cccc7ccccc67)cccc5c5c4ccc4ccccc45)c3)cc(-c3ccccn3)n2)nc1. The van der Waals surface area contributed by atoms with Crippen LogP contribution < -0.4 is 0 Å². The van der Waals surface area contributed by atoms with E-state index >= 15 is 0 Å². The number of hydrogen-bond acceptors (Lipinski definition) is 4. The summed E-state index contributed by atoms with van der Waals surface area (Å²) in [6, 6.07) is 59.6. The Morgan fingerprint density at radius 2 is 0.923 bits per heavy atom. The smallest absolute Gasteiger partial charge is 0.0900 e. The summed E-state index contributed by atoms with van der Waals surface area (Å²) in [5.74, 6) is 0. The van der Waals surface area contributed by atoms with Gasteiger partial charge in [0, 0.05) is 39.7 Å². The molecule has 6 aromatic carbocycles. The normalized spacial score (nSPS) is 11.5. The van der Waals surface area contributed by atoms with E-state index in [1.807, 2.05) is 36.4 Å². The molecule has 0 amide bonds. The zero-order valence-electron chi connectivity index (χ0n) is 28.1. The number of benzene rings is 6. The minimum absolute atomic E-state index is 0.796. The molecule has 0 fully saturated rings. The molecule has 0 unspecified atom stereocenters. The van der Waals surface area contributed by atoms with Crippen LogP contribution in [0.3, 0.4) is 0 Å². The van der Waals surface area contributed by atoms with Gasteiger partial charge in [-0.25, -0.2) is 9.97 Å². The molecule has 0 saturated heterocycles. The van der Waals surface area contributed by atoms with E-state index in [4.69, 9.17) is 9.97 Å². The Kier molecular flexibility index (Phi) is 7.10. The van der Waals surface area contributed by atoms with Gasteiger partial charge in [0.15, 0.2) is 0 Å². The Labute approximate surface area is 300 Å². The number of pyridine rings is 4. The Morgan fingerprint density at radius 3 is 1.67 bits per heavy atom. The monoisotopic (exact) mass is 662 g/mol. The molecule has 0 spiro atoms. The fraction of sp³-hybridized carbons (Fsp3) is 0. The summed E-state index contributed by atoms with van der Waals surface area (Å²) in [5, 5.41) is 8.33. The van der Waals surface area contributed by atoms with Crippen LogP contribution in [-0.4, -0.2) is 19.9 Å². The maximum Gasteiger partial charge on any atom is 0.0900 e. The summed E-state index contributed by atoms with van der Waals surface area (Å²) in [5.41, 5.74) is 10.6. The van der Waals surface area contributed by atoms with Crippen LogP contribution in [0.5, 0.6) is 0 Å². The Morgan fingerprint density at radius 1 is 0.327 bits per heavy atom. The average Bonchev–Trinajstić information content (AvgIpc) is 3.23. The molecule has 242 valence electrons. The number of fused-ring (bicyclic) bond motifs is 6. The molecular weight excluding hydrogens is 633 g/mol. The van der Waals surface area contributed by atoms with Gasteiger partial charge in [0.1, 0.15) is 0 Å². The first-order chi connectivity index (χ1) is 25.8. The van der Waals surface area contributed by atoms with Crippen molar-refractivity contribution < 1.29 is 0 Å². The van der Waals surface area contributed by atoms with Crippen LogP contribution in [0.15, 0.2) is 182 Å². The highest BCUT2D eigenvalue weighted by atomic mass is 14.8. The summed E-state index contributed by atoms with van der Waals surface area (Å²) < 4.78 is 0. The maximum atomic E-state index is 5.60. The highest BCUT2D eigenvalue weighted by Gasteiger charge is 2.18. The molecule has 0 saturated carbocycles. The predicted molar refractivity (Wildman–Crippen MR) is 215 cm³/mol. The minimum atomic E-state index is 0.796. The van der Waals surface area contributed by atoms with Gasteiger partial charge in [-0.1, -0.05) is 127 Å². The zero-order chi connectivity index (χ0) is 34.4. The van der Waals surface area contributed by atoms with Crippen molar-refractivity contribution in [3.63, 3.8) is 0 Å². The first kappa shape index (κ1) is 29.8. The van der Waals surface area contributed by atoms with Crippen LogP contribution in [0.1, 0.15) is 0 Å². The van der Waals surface area contributed by atoms with Gasteiger partial charge in [-0.3, -0.25) is 9.97 Å². The van der Waals surface area contributed by atoms with Gasteiger partial charge in [-0.2, -0.15) is 0 Å². The molecule has 0 aliphatic heterocycles. The fourth-order valence-electron chi connectivity index (χ4n) is 7.53. The lowest BCUT2D eigenvalue weighted by Gasteiger charge is -2.16. The van der Waals surface area contributed by atoms with E-state index in [1.165, 1.54) is 32.5 Å². The van der Waals surface area contributed by atoms with Crippen LogP contribution in [-0.2, 0) is 0 Å². The van der Waals surface area contributed by atoms with Crippen LogP contribution in [0.4, 0.5) is 0 Å². The van der Waals surface area contributed by atoms with Crippen molar-refractivity contribution in [1.82, 2.24) is 19.9 Å². The number of hydrogen-bond donors (Lipinski definition) is 0. The minimum Gasteiger partial charge on any atom is -0.255 e. The van der Waals surface area contributed by atoms with Crippen molar-refractivity contribution >= 4 is 43.2 Å². The summed E-state index contributed by atoms with van der Waals surface area (Å²) in [6.07, 6.45) is 3.61. The first-order valence-corrected chi connectivity index (χ1v) is 17.5. The summed E-state index contributed by atoms with van der Waals surface area (Å²) in [4.78, 5) is 19.9. The second kappa shape index (κ2) is 12.4. The molecule has 10 aromatic rings. The predicted octanol–water partition coefficient (Wildman–Crippen LogP) is 12.2. The van der Waals surface area contributed by atoms with Crippen LogP contribution in [0.25, 0.3) is 99.5 Å². The molecule has 0 aliphatic carbocycles. The van der Waals surface area contributed by atoms with Gasteiger partial charge in [0.05, 0.1) is 34.0 Å². The number of aromatic nitrogens is 4. The molecule has 0 bridgehead atoms. The van der Waals surface area contributed by atoms with Crippen LogP contribution in [0.2, 0.25) is 0 Å². The molecule has 4 heteroatoms. The number of para-hydroxylation sites is 1. The highest BCUT2D eigenvalue weighted by molar-refractivity contribution is 6.24. The fourth-order valence-corrected chi connectivity index (χ4v) is 7.53. The lowest BCUT2D eigenvalue weighted by atomic mass is 9.91. The highest BCUT2D eigenvalue weighted by Crippen LogP contribution is 2.42. The molecule has 52 heavy (non-hydrogen) atoms. The Balaban J connectivity index is 1.23. The van der Waals surface area contributed by atoms with Gasteiger partial charge >= 0.3 is 0 Å². The summed E-state index contributed by atoms with van der Waals surface area (Å²) in [7, 11) is 0. The van der Waals surface area contributed by atoms with Crippen LogP contribution >= 0.6 is 0 Å². The third kappa shape index (κ3) is 5.09. The van der Waals surface area contributed by atoms with Gasteiger partial charge in [-0.05, 0) is 80.7 Å². The largest absolute Gasteiger partial charge is 0.255 e. The molecule has 0 radical (unpaired) electrons. The van der Waals surface area contributed by atoms with E-state index in [0.29, 0.717) is 0 Å². The van der Waals surface area contributed by atoms with E-state index < -0.39 is 0 Å².